The van der Waals surface area contributed by atoms with Gasteiger partial charge < -0.3 is 5.32 Å². The number of nitrogens with zero attached hydrogens (tertiary/aromatic N) is 2. The van der Waals surface area contributed by atoms with Gasteiger partial charge in [-0.25, -0.2) is 13.4 Å². The second kappa shape index (κ2) is 9.12. The van der Waals surface area contributed by atoms with E-state index in [9.17, 15) is 13.2 Å². The summed E-state index contributed by atoms with van der Waals surface area (Å²) in [5.41, 5.74) is 0.707. The van der Waals surface area contributed by atoms with Crippen molar-refractivity contribution in [2.24, 2.45) is 0 Å². The number of thiazole rings is 1. The summed E-state index contributed by atoms with van der Waals surface area (Å²) in [4.78, 5) is 16.8. The summed E-state index contributed by atoms with van der Waals surface area (Å²) in [6.07, 6.45) is 7.62. The van der Waals surface area contributed by atoms with Crippen LogP contribution in [-0.2, 0) is 14.8 Å². The number of rotatable bonds is 8. The third-order valence-corrected chi connectivity index (χ3v) is 7.64. The predicted molar refractivity (Wildman–Crippen MR) is 110 cm³/mol. The van der Waals surface area contributed by atoms with Crippen LogP contribution in [0, 0.1) is 0 Å². The van der Waals surface area contributed by atoms with E-state index < -0.39 is 10.0 Å². The Morgan fingerprint density at radius 3 is 2.70 bits per heavy atom. The highest BCUT2D eigenvalue weighted by Crippen LogP contribution is 2.30. The zero-order valence-corrected chi connectivity index (χ0v) is 17.4. The number of nitrogens with one attached hydrogen (secondary N) is 1. The van der Waals surface area contributed by atoms with Crippen LogP contribution < -0.4 is 5.32 Å². The van der Waals surface area contributed by atoms with Crippen LogP contribution in [0.2, 0.25) is 0 Å². The SMILES string of the molecule is CCCCCCC(=O)Nc1nc2ccc(S(=O)(=O)N3CCCCC3)cc2s1. The molecule has 2 heterocycles. The number of carbonyl (C=O) groups is 1. The Labute approximate surface area is 165 Å². The Morgan fingerprint density at radius 1 is 1.19 bits per heavy atom. The Kier molecular flexibility index (Phi) is 6.83. The lowest BCUT2D eigenvalue weighted by Crippen LogP contribution is -2.35. The first-order chi connectivity index (χ1) is 13.0. The van der Waals surface area contributed by atoms with Gasteiger partial charge in [0.15, 0.2) is 5.13 Å². The molecule has 0 aliphatic carbocycles. The lowest BCUT2D eigenvalue weighted by atomic mass is 10.1. The lowest BCUT2D eigenvalue weighted by Gasteiger charge is -2.25. The van der Waals surface area contributed by atoms with E-state index in [0.717, 1.165) is 49.6 Å². The van der Waals surface area contributed by atoms with E-state index in [1.807, 2.05) is 0 Å². The Bertz CT molecular complexity index is 887. The first-order valence-electron chi connectivity index (χ1n) is 9.71. The van der Waals surface area contributed by atoms with E-state index in [1.165, 1.54) is 11.3 Å². The van der Waals surface area contributed by atoms with Gasteiger partial charge in [0.2, 0.25) is 15.9 Å². The highest BCUT2D eigenvalue weighted by atomic mass is 32.2. The number of piperidine rings is 1. The van der Waals surface area contributed by atoms with Gasteiger partial charge in [-0.05, 0) is 37.5 Å². The summed E-state index contributed by atoms with van der Waals surface area (Å²) in [5.74, 6) is -0.0358. The normalized spacial score (nSPS) is 15.9. The minimum atomic E-state index is -3.46. The highest BCUT2D eigenvalue weighted by Gasteiger charge is 2.26. The molecule has 6 nitrogen and oxygen atoms in total. The predicted octanol–water partition coefficient (Wildman–Crippen LogP) is 4.38. The van der Waals surface area contributed by atoms with Crippen LogP contribution in [-0.4, -0.2) is 36.7 Å². The second-order valence-electron chi connectivity index (χ2n) is 6.97. The third-order valence-electron chi connectivity index (χ3n) is 4.82. The number of hydrogen-bond acceptors (Lipinski definition) is 5. The Balaban J connectivity index is 1.70. The second-order valence-corrected chi connectivity index (χ2v) is 9.94. The fourth-order valence-corrected chi connectivity index (χ4v) is 5.81. The summed E-state index contributed by atoms with van der Waals surface area (Å²) in [6.45, 7) is 3.31. The average molecular weight is 410 g/mol. The lowest BCUT2D eigenvalue weighted by molar-refractivity contribution is -0.116. The van der Waals surface area contributed by atoms with Crippen LogP contribution in [0.25, 0.3) is 10.2 Å². The molecule has 0 atom stereocenters. The Morgan fingerprint density at radius 2 is 1.96 bits per heavy atom. The maximum absolute atomic E-state index is 12.8. The van der Waals surface area contributed by atoms with Crippen molar-refractivity contribution in [2.45, 2.75) is 63.2 Å². The van der Waals surface area contributed by atoms with E-state index >= 15 is 0 Å². The fraction of sp³-hybridized carbons (Fsp3) is 0.579. The third kappa shape index (κ3) is 5.06. The van der Waals surface area contributed by atoms with E-state index in [1.54, 1.807) is 22.5 Å². The molecule has 0 bridgehead atoms. The number of amides is 1. The highest BCUT2D eigenvalue weighted by molar-refractivity contribution is 7.89. The minimum absolute atomic E-state index is 0.0358. The Hall–Kier alpha value is -1.51. The van der Waals surface area contributed by atoms with Crippen molar-refractivity contribution in [1.82, 2.24) is 9.29 Å². The molecule has 1 aliphatic rings. The number of carbonyl (C=O) groups excluding carboxylic acids is 1. The number of aromatic nitrogens is 1. The van der Waals surface area contributed by atoms with Crippen molar-refractivity contribution in [1.29, 1.82) is 0 Å². The summed E-state index contributed by atoms with van der Waals surface area (Å²) in [5, 5.41) is 3.36. The first kappa shape index (κ1) is 20.2. The van der Waals surface area contributed by atoms with Gasteiger partial charge in [-0.1, -0.05) is 43.9 Å². The number of unbranched alkanes of at least 4 members (excludes halogenated alkanes) is 3. The molecule has 1 aliphatic heterocycles. The van der Waals surface area contributed by atoms with Gasteiger partial charge in [0.1, 0.15) is 0 Å². The van der Waals surface area contributed by atoms with Crippen LogP contribution in [0.4, 0.5) is 5.13 Å². The molecule has 1 aromatic carbocycles. The molecule has 8 heteroatoms. The number of anilines is 1. The summed E-state index contributed by atoms with van der Waals surface area (Å²) in [6, 6.07) is 5.01. The van der Waals surface area contributed by atoms with Crippen LogP contribution in [0.3, 0.4) is 0 Å². The monoisotopic (exact) mass is 409 g/mol. The van der Waals surface area contributed by atoms with Gasteiger partial charge in [0.05, 0.1) is 15.1 Å². The summed E-state index contributed by atoms with van der Waals surface area (Å²) >= 11 is 1.32. The van der Waals surface area contributed by atoms with E-state index in [4.69, 9.17) is 0 Å². The van der Waals surface area contributed by atoms with Crippen LogP contribution in [0.5, 0.6) is 0 Å². The molecule has 0 radical (unpaired) electrons. The number of benzene rings is 1. The van der Waals surface area contributed by atoms with Crippen molar-refractivity contribution < 1.29 is 13.2 Å². The van der Waals surface area contributed by atoms with Gasteiger partial charge in [-0.3, -0.25) is 4.79 Å². The van der Waals surface area contributed by atoms with Gasteiger partial charge in [-0.2, -0.15) is 4.31 Å². The topological polar surface area (TPSA) is 79.4 Å². The smallest absolute Gasteiger partial charge is 0.243 e. The molecular weight excluding hydrogens is 382 g/mol. The molecule has 1 fully saturated rings. The van der Waals surface area contributed by atoms with E-state index in [0.29, 0.717) is 35.1 Å². The van der Waals surface area contributed by atoms with Crippen molar-refractivity contribution in [3.8, 4) is 0 Å². The summed E-state index contributed by atoms with van der Waals surface area (Å²) < 4.78 is 28.0. The molecular formula is C19H27N3O3S2. The quantitative estimate of drug-likeness (QED) is 0.656. The molecule has 1 N–H and O–H groups in total. The molecule has 1 saturated heterocycles. The molecule has 0 spiro atoms. The van der Waals surface area contributed by atoms with Gasteiger partial charge >= 0.3 is 0 Å². The maximum Gasteiger partial charge on any atom is 0.243 e. The number of sulfonamides is 1. The molecule has 1 amide bonds. The molecule has 1 aromatic heterocycles. The molecule has 0 unspecified atom stereocenters. The van der Waals surface area contributed by atoms with Crippen molar-refractivity contribution >= 4 is 42.6 Å². The number of hydrogen-bond donors (Lipinski definition) is 1. The first-order valence-corrected chi connectivity index (χ1v) is 12.0. The van der Waals surface area contributed by atoms with Crippen LogP contribution >= 0.6 is 11.3 Å². The zero-order chi connectivity index (χ0) is 19.3. The van der Waals surface area contributed by atoms with E-state index in [-0.39, 0.29) is 5.91 Å². The maximum atomic E-state index is 12.8. The van der Waals surface area contributed by atoms with Gasteiger partial charge in [0, 0.05) is 19.5 Å². The van der Waals surface area contributed by atoms with E-state index in [2.05, 4.69) is 17.2 Å². The summed E-state index contributed by atoms with van der Waals surface area (Å²) in [7, 11) is -3.46. The van der Waals surface area contributed by atoms with Gasteiger partial charge in [0.25, 0.3) is 0 Å². The van der Waals surface area contributed by atoms with Crippen molar-refractivity contribution in [2.75, 3.05) is 18.4 Å². The molecule has 0 saturated carbocycles. The van der Waals surface area contributed by atoms with Gasteiger partial charge in [-0.15, -0.1) is 0 Å². The van der Waals surface area contributed by atoms with Crippen LogP contribution in [0.15, 0.2) is 23.1 Å². The minimum Gasteiger partial charge on any atom is -0.302 e. The molecule has 3 rings (SSSR count). The van der Waals surface area contributed by atoms with Crippen molar-refractivity contribution in [3.05, 3.63) is 18.2 Å². The fourth-order valence-electron chi connectivity index (χ4n) is 3.27. The van der Waals surface area contributed by atoms with Crippen molar-refractivity contribution in [3.63, 3.8) is 0 Å². The number of fused-ring (bicyclic) bond motifs is 1. The average Bonchev–Trinajstić information content (AvgIpc) is 3.07. The molecule has 2 aromatic rings. The standard InChI is InChI=1S/C19H27N3O3S2/c1-2-3-4-6-9-18(23)21-19-20-16-11-10-15(14-17(16)26-19)27(24,25)22-12-7-5-8-13-22/h10-11,14H,2-9,12-13H2,1H3,(H,20,21,23). The van der Waals surface area contributed by atoms with Crippen LogP contribution in [0.1, 0.15) is 58.3 Å². The zero-order valence-electron chi connectivity index (χ0n) is 15.7. The molecule has 148 valence electrons. The molecule has 27 heavy (non-hydrogen) atoms. The largest absolute Gasteiger partial charge is 0.302 e.